The van der Waals surface area contributed by atoms with Gasteiger partial charge in [0.1, 0.15) is 6.04 Å². The second kappa shape index (κ2) is 12.5. The quantitative estimate of drug-likeness (QED) is 0.389. The Hall–Kier alpha value is -2.76. The van der Waals surface area contributed by atoms with Crippen molar-refractivity contribution in [1.29, 1.82) is 0 Å². The van der Waals surface area contributed by atoms with E-state index in [2.05, 4.69) is 5.32 Å². The largest absolute Gasteiger partial charge is 0.355 e. The molecular weight excluding hydrogens is 452 g/mol. The molecule has 6 heteroatoms. The van der Waals surface area contributed by atoms with Gasteiger partial charge in [0.2, 0.25) is 11.8 Å². The molecule has 3 rings (SSSR count). The van der Waals surface area contributed by atoms with Crippen molar-refractivity contribution in [3.63, 3.8) is 0 Å². The molecule has 0 radical (unpaired) electrons. The van der Waals surface area contributed by atoms with Crippen LogP contribution in [0.2, 0.25) is 5.02 Å². The zero-order chi connectivity index (χ0) is 23.6. The molecule has 2 amide bonds. The lowest BCUT2D eigenvalue weighted by Gasteiger charge is -2.31. The van der Waals surface area contributed by atoms with Gasteiger partial charge in [-0.25, -0.2) is 0 Å². The molecule has 3 aromatic rings. The summed E-state index contributed by atoms with van der Waals surface area (Å²) >= 11 is 7.43. The highest BCUT2D eigenvalue weighted by Crippen LogP contribution is 2.23. The number of aryl methyl sites for hydroxylation is 1. The molecule has 0 bridgehead atoms. The molecule has 0 aromatic heterocycles. The minimum absolute atomic E-state index is 0.0808. The van der Waals surface area contributed by atoms with Gasteiger partial charge in [0.05, 0.1) is 5.75 Å². The third kappa shape index (κ3) is 7.65. The number of halogens is 1. The van der Waals surface area contributed by atoms with Crippen molar-refractivity contribution in [3.8, 4) is 0 Å². The molecule has 1 N–H and O–H groups in total. The zero-order valence-corrected chi connectivity index (χ0v) is 20.5. The Balaban J connectivity index is 1.87. The van der Waals surface area contributed by atoms with Gasteiger partial charge in [-0.15, -0.1) is 11.8 Å². The zero-order valence-electron chi connectivity index (χ0n) is 19.0. The van der Waals surface area contributed by atoms with Crippen LogP contribution in [0.15, 0.2) is 83.8 Å². The summed E-state index contributed by atoms with van der Waals surface area (Å²) in [5.74, 6) is 0.0130. The van der Waals surface area contributed by atoms with Gasteiger partial charge in [0, 0.05) is 29.4 Å². The molecule has 172 valence electrons. The molecule has 0 aliphatic carbocycles. The van der Waals surface area contributed by atoms with Crippen molar-refractivity contribution in [2.75, 3.05) is 12.3 Å². The molecule has 0 fully saturated rings. The minimum atomic E-state index is -0.605. The Bertz CT molecular complexity index is 1040. The first-order valence-corrected chi connectivity index (χ1v) is 12.4. The van der Waals surface area contributed by atoms with Crippen LogP contribution in [0.1, 0.15) is 23.6 Å². The highest BCUT2D eigenvalue weighted by molar-refractivity contribution is 8.00. The predicted molar refractivity (Wildman–Crippen MR) is 137 cm³/mol. The molecule has 0 aliphatic rings. The summed E-state index contributed by atoms with van der Waals surface area (Å²) in [6.45, 7) is 4.80. The van der Waals surface area contributed by atoms with Crippen LogP contribution in [0, 0.1) is 6.92 Å². The molecule has 1 atom stereocenters. The smallest absolute Gasteiger partial charge is 0.243 e. The summed E-state index contributed by atoms with van der Waals surface area (Å²) in [6.07, 6.45) is 0.454. The van der Waals surface area contributed by atoms with Gasteiger partial charge in [0.15, 0.2) is 0 Å². The van der Waals surface area contributed by atoms with Gasteiger partial charge in [-0.05, 0) is 49.2 Å². The molecule has 33 heavy (non-hydrogen) atoms. The van der Waals surface area contributed by atoms with Crippen LogP contribution in [0.4, 0.5) is 0 Å². The fourth-order valence-electron chi connectivity index (χ4n) is 3.49. The summed E-state index contributed by atoms with van der Waals surface area (Å²) in [6, 6.07) is 24.7. The van der Waals surface area contributed by atoms with Crippen molar-refractivity contribution >= 4 is 35.2 Å². The standard InChI is InChI=1S/C27H29ClN2O2S/c1-3-29-27(32)25(17-21-7-5-4-6-8-21)30(18-22-11-9-20(2)10-12-22)26(31)19-33-24-15-13-23(28)14-16-24/h4-16,25H,3,17-19H2,1-2H3,(H,29,32). The van der Waals surface area contributed by atoms with E-state index in [0.717, 1.165) is 21.6 Å². The van der Waals surface area contributed by atoms with E-state index in [4.69, 9.17) is 11.6 Å². The summed E-state index contributed by atoms with van der Waals surface area (Å²) in [4.78, 5) is 29.3. The number of carbonyl (C=O) groups is 2. The maximum Gasteiger partial charge on any atom is 0.243 e. The number of amides is 2. The molecule has 0 saturated heterocycles. The van der Waals surface area contributed by atoms with Crippen LogP contribution < -0.4 is 5.32 Å². The maximum atomic E-state index is 13.5. The molecular formula is C27H29ClN2O2S. The number of nitrogens with one attached hydrogen (secondary N) is 1. The summed E-state index contributed by atoms with van der Waals surface area (Å²) < 4.78 is 0. The SMILES string of the molecule is CCNC(=O)C(Cc1ccccc1)N(Cc1ccc(C)cc1)C(=O)CSc1ccc(Cl)cc1. The average Bonchev–Trinajstić information content (AvgIpc) is 2.82. The molecule has 4 nitrogen and oxygen atoms in total. The van der Waals surface area contributed by atoms with E-state index in [1.54, 1.807) is 4.90 Å². The predicted octanol–water partition coefficient (Wildman–Crippen LogP) is 5.52. The normalized spacial score (nSPS) is 11.6. The van der Waals surface area contributed by atoms with Gasteiger partial charge >= 0.3 is 0 Å². The summed E-state index contributed by atoms with van der Waals surface area (Å²) in [7, 11) is 0. The van der Waals surface area contributed by atoms with Gasteiger partial charge in [-0.2, -0.15) is 0 Å². The molecule has 1 unspecified atom stereocenters. The van der Waals surface area contributed by atoms with Crippen LogP contribution >= 0.6 is 23.4 Å². The molecule has 0 heterocycles. The average molecular weight is 481 g/mol. The fourth-order valence-corrected chi connectivity index (χ4v) is 4.41. The first kappa shape index (κ1) is 24.9. The first-order valence-electron chi connectivity index (χ1n) is 11.0. The van der Waals surface area contributed by atoms with E-state index in [0.29, 0.717) is 24.5 Å². The van der Waals surface area contributed by atoms with Crippen molar-refractivity contribution in [2.45, 2.75) is 37.8 Å². The van der Waals surface area contributed by atoms with Crippen LogP contribution in [-0.4, -0.2) is 35.1 Å². The van der Waals surface area contributed by atoms with Crippen molar-refractivity contribution in [1.82, 2.24) is 10.2 Å². The van der Waals surface area contributed by atoms with E-state index in [1.165, 1.54) is 11.8 Å². The third-order valence-corrected chi connectivity index (χ3v) is 6.52. The molecule has 0 saturated carbocycles. The fraction of sp³-hybridized carbons (Fsp3) is 0.259. The van der Waals surface area contributed by atoms with Gasteiger partial charge in [-0.1, -0.05) is 71.8 Å². The second-order valence-electron chi connectivity index (χ2n) is 7.85. The molecule has 0 aliphatic heterocycles. The Kier molecular flexibility index (Phi) is 9.40. The van der Waals surface area contributed by atoms with Gasteiger partial charge in [-0.3, -0.25) is 9.59 Å². The Morgan fingerprint density at radius 1 is 0.939 bits per heavy atom. The maximum absolute atomic E-state index is 13.5. The number of likely N-dealkylation sites (N-methyl/N-ethyl adjacent to an activating group) is 1. The highest BCUT2D eigenvalue weighted by atomic mass is 35.5. The lowest BCUT2D eigenvalue weighted by Crippen LogP contribution is -2.51. The third-order valence-electron chi connectivity index (χ3n) is 5.27. The van der Waals surface area contributed by atoms with Crippen LogP contribution in [0.25, 0.3) is 0 Å². The number of thioether (sulfide) groups is 1. The van der Waals surface area contributed by atoms with E-state index in [9.17, 15) is 9.59 Å². The Morgan fingerprint density at radius 3 is 2.24 bits per heavy atom. The summed E-state index contributed by atoms with van der Waals surface area (Å²) in [5.41, 5.74) is 3.16. The van der Waals surface area contributed by atoms with Crippen molar-refractivity contribution in [3.05, 3.63) is 101 Å². The second-order valence-corrected chi connectivity index (χ2v) is 9.34. The Labute approximate surface area is 205 Å². The lowest BCUT2D eigenvalue weighted by atomic mass is 10.0. The summed E-state index contributed by atoms with van der Waals surface area (Å²) in [5, 5.41) is 3.58. The van der Waals surface area contributed by atoms with Crippen LogP contribution in [0.5, 0.6) is 0 Å². The van der Waals surface area contributed by atoms with E-state index >= 15 is 0 Å². The van der Waals surface area contributed by atoms with E-state index in [1.807, 2.05) is 92.7 Å². The monoisotopic (exact) mass is 480 g/mol. The number of rotatable bonds is 10. The highest BCUT2D eigenvalue weighted by Gasteiger charge is 2.30. The van der Waals surface area contributed by atoms with Crippen LogP contribution in [-0.2, 0) is 22.6 Å². The van der Waals surface area contributed by atoms with Crippen LogP contribution in [0.3, 0.4) is 0 Å². The number of hydrogen-bond donors (Lipinski definition) is 1. The Morgan fingerprint density at radius 2 is 1.61 bits per heavy atom. The number of carbonyl (C=O) groups excluding carboxylic acids is 2. The van der Waals surface area contributed by atoms with E-state index in [-0.39, 0.29) is 17.6 Å². The van der Waals surface area contributed by atoms with E-state index < -0.39 is 6.04 Å². The van der Waals surface area contributed by atoms with Crippen molar-refractivity contribution < 1.29 is 9.59 Å². The lowest BCUT2D eigenvalue weighted by molar-refractivity contribution is -0.139. The van der Waals surface area contributed by atoms with Gasteiger partial charge in [0.25, 0.3) is 0 Å². The number of hydrogen-bond acceptors (Lipinski definition) is 3. The minimum Gasteiger partial charge on any atom is -0.355 e. The topological polar surface area (TPSA) is 49.4 Å². The first-order chi connectivity index (χ1) is 16.0. The van der Waals surface area contributed by atoms with Gasteiger partial charge < -0.3 is 10.2 Å². The number of nitrogens with zero attached hydrogens (tertiary/aromatic N) is 1. The van der Waals surface area contributed by atoms with Crippen molar-refractivity contribution in [2.24, 2.45) is 0 Å². The molecule has 0 spiro atoms. The number of benzene rings is 3. The molecule has 3 aromatic carbocycles.